The molecule has 1 saturated heterocycles. The SMILES string of the molecule is NC1COCC1C(=O)c1ccsc1Cl. The first kappa shape index (κ1) is 10.1. The minimum absolute atomic E-state index is 0.00116. The van der Waals surface area contributed by atoms with E-state index in [0.29, 0.717) is 23.1 Å². The first-order valence-electron chi connectivity index (χ1n) is 4.30. The van der Waals surface area contributed by atoms with Gasteiger partial charge in [0.1, 0.15) is 4.34 Å². The van der Waals surface area contributed by atoms with Crippen LogP contribution in [0.15, 0.2) is 11.4 Å². The molecule has 0 aromatic carbocycles. The monoisotopic (exact) mass is 231 g/mol. The van der Waals surface area contributed by atoms with Crippen molar-refractivity contribution in [1.29, 1.82) is 0 Å². The summed E-state index contributed by atoms with van der Waals surface area (Å²) in [6, 6.07) is 1.54. The van der Waals surface area contributed by atoms with Crippen LogP contribution in [0.25, 0.3) is 0 Å². The Labute approximate surface area is 90.8 Å². The Morgan fingerprint density at radius 3 is 2.93 bits per heavy atom. The van der Waals surface area contributed by atoms with Crippen molar-refractivity contribution in [3.05, 3.63) is 21.3 Å². The highest BCUT2D eigenvalue weighted by molar-refractivity contribution is 7.14. The zero-order valence-corrected chi connectivity index (χ0v) is 8.98. The molecule has 0 radical (unpaired) electrons. The molecule has 2 heterocycles. The molecule has 1 fully saturated rings. The van der Waals surface area contributed by atoms with E-state index in [1.54, 1.807) is 11.4 Å². The van der Waals surface area contributed by atoms with E-state index in [9.17, 15) is 4.79 Å². The highest BCUT2D eigenvalue weighted by Gasteiger charge is 2.32. The number of hydrogen-bond donors (Lipinski definition) is 1. The Hall–Kier alpha value is -0.420. The van der Waals surface area contributed by atoms with Crippen LogP contribution < -0.4 is 5.73 Å². The molecule has 2 N–H and O–H groups in total. The Bertz CT molecular complexity index is 352. The normalized spacial score (nSPS) is 26.7. The van der Waals surface area contributed by atoms with Gasteiger partial charge in [-0.15, -0.1) is 11.3 Å². The number of halogens is 1. The van der Waals surface area contributed by atoms with E-state index < -0.39 is 0 Å². The van der Waals surface area contributed by atoms with Crippen LogP contribution in [-0.4, -0.2) is 25.0 Å². The Kier molecular flexibility index (Phi) is 2.88. The summed E-state index contributed by atoms with van der Waals surface area (Å²) < 4.78 is 5.68. The quantitative estimate of drug-likeness (QED) is 0.786. The molecule has 14 heavy (non-hydrogen) atoms. The van der Waals surface area contributed by atoms with Gasteiger partial charge in [0, 0.05) is 11.6 Å². The summed E-state index contributed by atoms with van der Waals surface area (Å²) in [5.74, 6) is -0.233. The van der Waals surface area contributed by atoms with Gasteiger partial charge < -0.3 is 10.5 Å². The van der Waals surface area contributed by atoms with E-state index in [1.165, 1.54) is 11.3 Å². The third-order valence-corrected chi connectivity index (χ3v) is 3.51. The van der Waals surface area contributed by atoms with Crippen LogP contribution in [0.3, 0.4) is 0 Å². The molecular weight excluding hydrogens is 222 g/mol. The lowest BCUT2D eigenvalue weighted by Gasteiger charge is -2.10. The molecule has 76 valence electrons. The van der Waals surface area contributed by atoms with E-state index in [0.717, 1.165) is 0 Å². The lowest BCUT2D eigenvalue weighted by Crippen LogP contribution is -2.34. The van der Waals surface area contributed by atoms with E-state index in [1.807, 2.05) is 0 Å². The average molecular weight is 232 g/mol. The number of hydrogen-bond acceptors (Lipinski definition) is 4. The summed E-state index contributed by atoms with van der Waals surface area (Å²) in [7, 11) is 0. The van der Waals surface area contributed by atoms with Crippen LogP contribution in [0, 0.1) is 5.92 Å². The number of carbonyl (C=O) groups excluding carboxylic acids is 1. The molecule has 1 aromatic heterocycles. The van der Waals surface area contributed by atoms with Crippen LogP contribution in [0.5, 0.6) is 0 Å². The van der Waals surface area contributed by atoms with Gasteiger partial charge in [0.2, 0.25) is 0 Å². The van der Waals surface area contributed by atoms with Gasteiger partial charge in [-0.05, 0) is 11.4 Å². The summed E-state index contributed by atoms with van der Waals surface area (Å²) in [5.41, 5.74) is 6.32. The number of nitrogens with two attached hydrogens (primary N) is 1. The van der Waals surface area contributed by atoms with E-state index in [4.69, 9.17) is 22.1 Å². The third-order valence-electron chi connectivity index (χ3n) is 2.34. The molecule has 0 aliphatic carbocycles. The van der Waals surface area contributed by atoms with Gasteiger partial charge in [-0.1, -0.05) is 11.6 Å². The number of ketones is 1. The molecule has 5 heteroatoms. The second kappa shape index (κ2) is 3.98. The van der Waals surface area contributed by atoms with E-state index in [-0.39, 0.29) is 17.7 Å². The van der Waals surface area contributed by atoms with Crippen molar-refractivity contribution in [2.75, 3.05) is 13.2 Å². The summed E-state index contributed by atoms with van der Waals surface area (Å²) in [4.78, 5) is 11.9. The van der Waals surface area contributed by atoms with E-state index in [2.05, 4.69) is 0 Å². The summed E-state index contributed by atoms with van der Waals surface area (Å²) >= 11 is 7.23. The number of ether oxygens (including phenoxy) is 1. The van der Waals surface area contributed by atoms with Crippen molar-refractivity contribution in [2.24, 2.45) is 11.7 Å². The summed E-state index contributed by atoms with van der Waals surface area (Å²) in [6.45, 7) is 0.865. The van der Waals surface area contributed by atoms with Crippen molar-refractivity contribution >= 4 is 28.7 Å². The van der Waals surface area contributed by atoms with Gasteiger partial charge in [-0.25, -0.2) is 0 Å². The lowest BCUT2D eigenvalue weighted by atomic mass is 9.95. The van der Waals surface area contributed by atoms with Gasteiger partial charge >= 0.3 is 0 Å². The highest BCUT2D eigenvalue weighted by atomic mass is 35.5. The summed E-state index contributed by atoms with van der Waals surface area (Å²) in [5, 5.41) is 1.80. The highest BCUT2D eigenvalue weighted by Crippen LogP contribution is 2.27. The predicted octanol–water partition coefficient (Wildman–Crippen LogP) is 1.56. The lowest BCUT2D eigenvalue weighted by molar-refractivity contribution is 0.0896. The average Bonchev–Trinajstić information content (AvgIpc) is 2.73. The summed E-state index contributed by atoms with van der Waals surface area (Å²) in [6.07, 6.45) is 0. The van der Waals surface area contributed by atoms with Crippen molar-refractivity contribution in [3.8, 4) is 0 Å². The van der Waals surface area contributed by atoms with Gasteiger partial charge in [0.25, 0.3) is 0 Å². The van der Waals surface area contributed by atoms with Crippen molar-refractivity contribution in [1.82, 2.24) is 0 Å². The molecular formula is C9H10ClNO2S. The second-order valence-corrected chi connectivity index (χ2v) is 4.80. The molecule has 2 rings (SSSR count). The standard InChI is InChI=1S/C9H10ClNO2S/c10-9-5(1-2-14-9)8(12)6-3-13-4-7(6)11/h1-2,6-7H,3-4,11H2. The maximum absolute atomic E-state index is 11.9. The van der Waals surface area contributed by atoms with Gasteiger partial charge in [0.05, 0.1) is 19.1 Å². The van der Waals surface area contributed by atoms with Crippen LogP contribution >= 0.6 is 22.9 Å². The number of carbonyl (C=O) groups is 1. The molecule has 0 amide bonds. The molecule has 0 spiro atoms. The molecule has 3 nitrogen and oxygen atoms in total. The topological polar surface area (TPSA) is 52.3 Å². The van der Waals surface area contributed by atoms with Gasteiger partial charge in [-0.2, -0.15) is 0 Å². The zero-order chi connectivity index (χ0) is 10.1. The van der Waals surface area contributed by atoms with Gasteiger partial charge in [0.15, 0.2) is 5.78 Å². The Morgan fingerprint density at radius 1 is 1.64 bits per heavy atom. The second-order valence-electron chi connectivity index (χ2n) is 3.28. The molecule has 1 aliphatic rings. The van der Waals surface area contributed by atoms with Gasteiger partial charge in [-0.3, -0.25) is 4.79 Å². The Morgan fingerprint density at radius 2 is 2.43 bits per heavy atom. The zero-order valence-electron chi connectivity index (χ0n) is 7.40. The Balaban J connectivity index is 2.20. The molecule has 1 aromatic rings. The smallest absolute Gasteiger partial charge is 0.172 e. The predicted molar refractivity (Wildman–Crippen MR) is 55.9 cm³/mol. The van der Waals surface area contributed by atoms with Crippen LogP contribution in [0.2, 0.25) is 4.34 Å². The molecule has 0 saturated carbocycles. The molecule has 2 atom stereocenters. The van der Waals surface area contributed by atoms with Crippen LogP contribution in [0.1, 0.15) is 10.4 Å². The molecule has 1 aliphatic heterocycles. The maximum Gasteiger partial charge on any atom is 0.172 e. The molecule has 2 unspecified atom stereocenters. The van der Waals surface area contributed by atoms with Crippen molar-refractivity contribution in [2.45, 2.75) is 6.04 Å². The fraction of sp³-hybridized carbons (Fsp3) is 0.444. The number of thiophene rings is 1. The van der Waals surface area contributed by atoms with Crippen molar-refractivity contribution < 1.29 is 9.53 Å². The van der Waals surface area contributed by atoms with Crippen LogP contribution in [0.4, 0.5) is 0 Å². The van der Waals surface area contributed by atoms with E-state index >= 15 is 0 Å². The largest absolute Gasteiger partial charge is 0.379 e. The number of Topliss-reactive ketones (excluding diaryl/α,β-unsaturated/α-hetero) is 1. The first-order chi connectivity index (χ1) is 6.70. The minimum atomic E-state index is -0.234. The maximum atomic E-state index is 11.9. The van der Waals surface area contributed by atoms with Crippen molar-refractivity contribution in [3.63, 3.8) is 0 Å². The fourth-order valence-corrected chi connectivity index (χ4v) is 2.44. The third kappa shape index (κ3) is 1.70. The molecule has 0 bridgehead atoms. The number of rotatable bonds is 2. The van der Waals surface area contributed by atoms with Crippen LogP contribution in [-0.2, 0) is 4.74 Å². The fourth-order valence-electron chi connectivity index (χ4n) is 1.51. The minimum Gasteiger partial charge on any atom is -0.379 e. The first-order valence-corrected chi connectivity index (χ1v) is 5.56.